The summed E-state index contributed by atoms with van der Waals surface area (Å²) in [6.45, 7) is 8.16. The number of aromatic amines is 3. The van der Waals surface area contributed by atoms with Crippen LogP contribution in [0, 0.1) is 11.3 Å². The molecule has 704 valence electrons. The monoisotopic (exact) mass is 1820 g/mol. The molecule has 3 aromatic carbocycles. The molecular formula is C90H126N22O17S. The number of para-hydroxylation sites is 2. The molecule has 4 aliphatic rings. The number of carbonyl (C=O) groups excluding carboxylic acids is 15. The van der Waals surface area contributed by atoms with Gasteiger partial charge in [-0.25, -0.2) is 4.98 Å². The molecular weight excluding hydrogens is 1690 g/mol. The Morgan fingerprint density at radius 2 is 0.992 bits per heavy atom. The molecule has 0 saturated carbocycles. The fourth-order valence-corrected chi connectivity index (χ4v) is 18.2. The number of primary amides is 1. The van der Waals surface area contributed by atoms with Crippen LogP contribution in [-0.4, -0.2) is 292 Å². The number of benzene rings is 3. The van der Waals surface area contributed by atoms with Crippen molar-refractivity contribution in [1.82, 2.24) is 97.6 Å². The molecule has 0 radical (unpaired) electrons. The molecule has 0 unspecified atom stereocenters. The van der Waals surface area contributed by atoms with Gasteiger partial charge in [0.25, 0.3) is 0 Å². The number of phenols is 1. The molecule has 7 heterocycles. The van der Waals surface area contributed by atoms with E-state index in [0.29, 0.717) is 82.7 Å². The standard InChI is InChI=1S/C90H126N22O17S/c1-8-10-25-70-81(121)101-62(24-16-34-95-90(92)93)77(117)99-52(5)48-130-49-76(116)100-66(39-53-30-32-57(114)33-31-53)87(127)111-36-19-29-73(111)84(124)106-68(43-75(91)115)88(128)112-37-18-28-72(112)83(123)103-64(42-56-46-94-50-98-56)79(119)104-65(38-51(3)4)86(126)110-35-17-27-71(110)82(122)102-63(40-54-44-96-60-22-14-12-20-58(54)60)78(118)107-69(47-113)80(120)105-67(41-55-45-97-61-23-15-13-21-59(55)61)85(125)109(7)74(26-11-9-2)89(129)108(70)6/h12-15,20-23,30-33,44-46,50-52,62-74,96-97,113-114H,8-11,16-19,24-29,34-43,47-49H2,1-7H3,(H2,91,115)(H,94,98)(H,99,117)(H,100,116)(H,101,121)(H,102,122)(H,103,123)(H,104,119)(H,105,120)(H,106,124)(H,107,118)(H4,92,93,95)/t52-,62+,63+,64+,65+,66+,67+,68+,69+,70+,71+,72+,73+,74+/m1/s1. The van der Waals surface area contributed by atoms with E-state index in [-0.39, 0.29) is 139 Å². The lowest BCUT2D eigenvalue weighted by molar-refractivity contribution is -0.149. The van der Waals surface area contributed by atoms with Gasteiger partial charge in [0.05, 0.1) is 25.1 Å². The number of fused-ring (bicyclic) bond motifs is 5. The molecule has 39 nitrogen and oxygen atoms in total. The summed E-state index contributed by atoms with van der Waals surface area (Å²) in [4.78, 5) is 243. The van der Waals surface area contributed by atoms with Crippen LogP contribution in [0.25, 0.3) is 21.8 Å². The Hall–Kier alpha value is -12.6. The molecule has 4 aliphatic heterocycles. The van der Waals surface area contributed by atoms with Crippen molar-refractivity contribution in [2.24, 2.45) is 17.4 Å². The number of guanidine groups is 1. The van der Waals surface area contributed by atoms with Crippen molar-refractivity contribution in [3.63, 3.8) is 0 Å². The number of nitrogens with zero attached hydrogens (tertiary/aromatic N) is 6. The Morgan fingerprint density at radius 3 is 1.52 bits per heavy atom. The van der Waals surface area contributed by atoms with Crippen LogP contribution in [0.1, 0.15) is 160 Å². The average molecular weight is 1820 g/mol. The summed E-state index contributed by atoms with van der Waals surface area (Å²) in [5.74, 6) is -12.8. The van der Waals surface area contributed by atoms with E-state index in [2.05, 4.69) is 73.1 Å². The maximum Gasteiger partial charge on any atom is 0.246 e. The number of hydrogen-bond acceptors (Lipinski definition) is 20. The van der Waals surface area contributed by atoms with Crippen LogP contribution >= 0.6 is 11.8 Å². The highest BCUT2D eigenvalue weighted by Gasteiger charge is 2.46. The lowest BCUT2D eigenvalue weighted by Gasteiger charge is -2.36. The molecule has 0 aliphatic carbocycles. The highest BCUT2D eigenvalue weighted by atomic mass is 32.2. The van der Waals surface area contributed by atoms with E-state index in [4.69, 9.17) is 16.9 Å². The molecule has 40 heteroatoms. The fraction of sp³-hybridized carbons (Fsp3) is 0.544. The minimum Gasteiger partial charge on any atom is -0.508 e. The average Bonchev–Trinajstić information content (AvgIpc) is 1.48. The van der Waals surface area contributed by atoms with E-state index in [1.54, 1.807) is 55.7 Å². The highest BCUT2D eigenvalue weighted by Crippen LogP contribution is 2.29. The third kappa shape index (κ3) is 26.8. The fourth-order valence-electron chi connectivity index (χ4n) is 17.3. The van der Waals surface area contributed by atoms with Gasteiger partial charge < -0.3 is 114 Å². The van der Waals surface area contributed by atoms with Crippen molar-refractivity contribution in [1.29, 1.82) is 5.41 Å². The largest absolute Gasteiger partial charge is 0.508 e. The number of unbranched alkanes of at least 4 members (excludes halogenated alkanes) is 2. The summed E-state index contributed by atoms with van der Waals surface area (Å²) in [5.41, 5.74) is 14.8. The van der Waals surface area contributed by atoms with Crippen LogP contribution in [0.5, 0.6) is 5.75 Å². The van der Waals surface area contributed by atoms with Gasteiger partial charge in [0.1, 0.15) is 84.3 Å². The number of aromatic nitrogens is 4. The summed E-state index contributed by atoms with van der Waals surface area (Å²) in [6.07, 6.45) is 8.00. The van der Waals surface area contributed by atoms with E-state index in [1.165, 1.54) is 63.3 Å². The number of aromatic hydroxyl groups is 1. The number of likely N-dealkylation sites (N-methyl/N-ethyl adjacent to an activating group) is 2. The van der Waals surface area contributed by atoms with Gasteiger partial charge in [0.2, 0.25) is 88.6 Å². The van der Waals surface area contributed by atoms with Crippen LogP contribution < -0.4 is 64.6 Å². The molecule has 0 bridgehead atoms. The molecule has 130 heavy (non-hydrogen) atoms. The molecule has 6 aromatic rings. The second-order valence-electron chi connectivity index (χ2n) is 34.5. The van der Waals surface area contributed by atoms with Crippen LogP contribution in [-0.2, 0) is 97.6 Å². The number of aliphatic hydroxyl groups is 1. The number of amides is 15. The first-order chi connectivity index (χ1) is 62.2. The van der Waals surface area contributed by atoms with Crippen LogP contribution in [0.3, 0.4) is 0 Å². The molecule has 4 fully saturated rings. The van der Waals surface area contributed by atoms with E-state index < -0.39 is 186 Å². The number of nitrogens with two attached hydrogens (primary N) is 2. The van der Waals surface area contributed by atoms with Crippen molar-refractivity contribution in [3.05, 3.63) is 120 Å². The lowest BCUT2D eigenvalue weighted by atomic mass is 10.00. The molecule has 14 atom stereocenters. The van der Waals surface area contributed by atoms with Gasteiger partial charge in [0.15, 0.2) is 5.96 Å². The quantitative estimate of drug-likeness (QED) is 0.0238. The van der Waals surface area contributed by atoms with Gasteiger partial charge in [-0.15, -0.1) is 11.8 Å². The van der Waals surface area contributed by atoms with Gasteiger partial charge in [0, 0.05) is 124 Å². The van der Waals surface area contributed by atoms with Gasteiger partial charge in [-0.2, -0.15) is 0 Å². The zero-order valence-corrected chi connectivity index (χ0v) is 75.6. The predicted molar refractivity (Wildman–Crippen MR) is 484 cm³/mol. The summed E-state index contributed by atoms with van der Waals surface area (Å²) < 4.78 is 0. The van der Waals surface area contributed by atoms with E-state index >= 15 is 43.2 Å². The first kappa shape index (κ1) is 99.5. The number of imidazole rings is 1. The first-order valence-electron chi connectivity index (χ1n) is 44.8. The van der Waals surface area contributed by atoms with Gasteiger partial charge >= 0.3 is 0 Å². The Kier molecular flexibility index (Phi) is 36.5. The van der Waals surface area contributed by atoms with Crippen LogP contribution in [0.2, 0.25) is 0 Å². The molecule has 3 aromatic heterocycles. The smallest absolute Gasteiger partial charge is 0.246 e. The zero-order chi connectivity index (χ0) is 94.0. The van der Waals surface area contributed by atoms with Crippen molar-refractivity contribution < 1.29 is 82.1 Å². The summed E-state index contributed by atoms with van der Waals surface area (Å²) in [7, 11) is 2.84. The number of hydrogen-bond donors (Lipinski definition) is 18. The highest BCUT2D eigenvalue weighted by molar-refractivity contribution is 8.00. The van der Waals surface area contributed by atoms with E-state index in [9.17, 15) is 39.0 Å². The van der Waals surface area contributed by atoms with E-state index in [1.807, 2.05) is 52.0 Å². The van der Waals surface area contributed by atoms with Gasteiger partial charge in [-0.3, -0.25) is 77.3 Å². The molecule has 20 N–H and O–H groups in total. The second kappa shape index (κ2) is 47.6. The predicted octanol–water partition coefficient (Wildman–Crippen LogP) is 0.663. The maximum absolute atomic E-state index is 15.7. The number of H-pyrrole nitrogens is 3. The van der Waals surface area contributed by atoms with Gasteiger partial charge in [-0.05, 0) is 124 Å². The summed E-state index contributed by atoms with van der Waals surface area (Å²) in [6, 6.07) is 1.38. The molecule has 15 amide bonds. The second-order valence-corrected chi connectivity index (χ2v) is 35.5. The van der Waals surface area contributed by atoms with Gasteiger partial charge in [-0.1, -0.05) is 102 Å². The van der Waals surface area contributed by atoms with Crippen molar-refractivity contribution in [2.75, 3.05) is 58.4 Å². The SMILES string of the molecule is CCCC[C@H]1C(=O)N(C)[C@@H](CCCC)C(=O)N[C@@H](CCCNC(=N)N)C(=O)N[C@H](C)CSCC(=O)N[C@@H](Cc2ccc(O)cc2)C(=O)N2CCC[C@H]2C(=O)N[C@@H](CC(N)=O)C(=O)N2CCC[C@H]2C(=O)N[C@@H](Cc2cnc[nH]2)C(=O)N[C@@H](CC(C)C)C(=O)N2CCC[C@H]2C(=O)N[C@@H](Cc2c[nH]c3ccccc23)C(=O)N[C@@H](CO)C(=O)N[C@@H](Cc2c[nH]c3ccccc23)C(=O)N1C. The molecule has 4 saturated heterocycles. The van der Waals surface area contributed by atoms with Crippen molar-refractivity contribution in [3.8, 4) is 5.75 Å². The third-order valence-corrected chi connectivity index (χ3v) is 25.4. The number of nitrogens with one attached hydrogen (secondary N) is 14. The maximum atomic E-state index is 15.7. The van der Waals surface area contributed by atoms with E-state index in [0.717, 1.165) is 11.8 Å². The Balaban J connectivity index is 0.990. The minimum atomic E-state index is -1.81. The first-order valence-corrected chi connectivity index (χ1v) is 46.0. The van der Waals surface area contributed by atoms with Crippen LogP contribution in [0.15, 0.2) is 97.7 Å². The zero-order valence-electron chi connectivity index (χ0n) is 74.8. The third-order valence-electron chi connectivity index (χ3n) is 24.2. The number of rotatable bonds is 23. The Labute approximate surface area is 758 Å². The molecule has 0 spiro atoms. The minimum absolute atomic E-state index is 0.00199. The number of thioether (sulfide) groups is 1. The van der Waals surface area contributed by atoms with Crippen LogP contribution in [0.4, 0.5) is 0 Å². The summed E-state index contributed by atoms with van der Waals surface area (Å²) in [5, 5.41) is 58.6. The van der Waals surface area contributed by atoms with Crippen molar-refractivity contribution in [2.45, 2.75) is 248 Å². The number of aliphatic hydroxyl groups excluding tert-OH is 1. The topological polar surface area (TPSA) is 569 Å². The number of carbonyl (C=O) groups is 15. The Morgan fingerprint density at radius 1 is 0.523 bits per heavy atom. The number of phenolic OH excluding ortho intramolecular Hbond substituents is 1. The summed E-state index contributed by atoms with van der Waals surface area (Å²) >= 11 is 1.10. The normalized spacial score (nSPS) is 25.2. The Bertz CT molecular complexity index is 4990. The van der Waals surface area contributed by atoms with Crippen molar-refractivity contribution >= 4 is 128 Å². The lowest BCUT2D eigenvalue weighted by Crippen LogP contribution is -2.61. The molecule has 10 rings (SSSR count).